The minimum atomic E-state index is -1.03. The molecule has 6 heteroatoms. The lowest BCUT2D eigenvalue weighted by Crippen LogP contribution is -2.35. The van der Waals surface area contributed by atoms with Crippen LogP contribution in [0.5, 0.6) is 5.75 Å². The van der Waals surface area contributed by atoms with Crippen LogP contribution in [0.2, 0.25) is 0 Å². The molecule has 1 fully saturated rings. The van der Waals surface area contributed by atoms with Crippen molar-refractivity contribution in [1.82, 2.24) is 9.80 Å². The summed E-state index contributed by atoms with van der Waals surface area (Å²) in [6.45, 7) is 5.79. The average molecular weight is 541 g/mol. The molecule has 1 amide bonds. The molecule has 0 spiro atoms. The van der Waals surface area contributed by atoms with Crippen molar-refractivity contribution in [2.75, 3.05) is 26.2 Å². The van der Waals surface area contributed by atoms with Crippen molar-refractivity contribution < 1.29 is 19.4 Å². The van der Waals surface area contributed by atoms with Gasteiger partial charge >= 0.3 is 5.97 Å². The molecule has 2 bridgehead atoms. The Bertz CT molecular complexity index is 1320. The van der Waals surface area contributed by atoms with Crippen LogP contribution in [0, 0.1) is 12.8 Å². The first-order valence-corrected chi connectivity index (χ1v) is 14.6. The van der Waals surface area contributed by atoms with Gasteiger partial charge < -0.3 is 14.7 Å². The normalized spacial score (nSPS) is 16.3. The van der Waals surface area contributed by atoms with Crippen molar-refractivity contribution in [3.05, 3.63) is 100 Å². The second-order valence-corrected chi connectivity index (χ2v) is 11.4. The van der Waals surface area contributed by atoms with E-state index in [1.54, 1.807) is 6.07 Å². The van der Waals surface area contributed by atoms with Crippen LogP contribution in [0.1, 0.15) is 70.3 Å². The molecule has 40 heavy (non-hydrogen) atoms. The van der Waals surface area contributed by atoms with E-state index in [4.69, 9.17) is 4.74 Å². The third-order valence-electron chi connectivity index (χ3n) is 7.80. The number of carbonyl (C=O) groups is 2. The molecule has 2 aliphatic rings. The Kier molecular flexibility index (Phi) is 9.17. The first-order chi connectivity index (χ1) is 19.4. The Morgan fingerprint density at radius 3 is 2.55 bits per heavy atom. The van der Waals surface area contributed by atoms with Gasteiger partial charge in [-0.3, -0.25) is 14.5 Å². The molecule has 0 atom stereocenters. The zero-order valence-corrected chi connectivity index (χ0v) is 23.5. The smallest absolute Gasteiger partial charge is 0.323 e. The van der Waals surface area contributed by atoms with Gasteiger partial charge in [-0.1, -0.05) is 54.1 Å². The highest BCUT2D eigenvalue weighted by atomic mass is 16.5. The average Bonchev–Trinajstić information content (AvgIpc) is 3.75. The van der Waals surface area contributed by atoms with Crippen molar-refractivity contribution >= 4 is 11.9 Å². The molecule has 3 aromatic carbocycles. The maximum absolute atomic E-state index is 13.6. The molecule has 1 heterocycles. The number of rotatable bonds is 7. The Hall–Kier alpha value is -3.64. The number of aliphatic carboxylic acids is 1. The van der Waals surface area contributed by atoms with E-state index in [1.807, 2.05) is 43.3 Å². The number of ether oxygens (including phenoxy) is 1. The second kappa shape index (κ2) is 13.1. The lowest BCUT2D eigenvalue weighted by Gasteiger charge is -2.23. The summed E-state index contributed by atoms with van der Waals surface area (Å²) in [5.74, 6) is 0.321. The summed E-state index contributed by atoms with van der Waals surface area (Å²) >= 11 is 0. The quantitative estimate of drug-likeness (QED) is 0.393. The van der Waals surface area contributed by atoms with E-state index < -0.39 is 5.97 Å². The summed E-state index contributed by atoms with van der Waals surface area (Å²) in [5, 5.41) is 9.54. The van der Waals surface area contributed by atoms with Crippen molar-refractivity contribution in [3.8, 4) is 5.75 Å². The Labute approximate surface area is 237 Å². The first kappa shape index (κ1) is 27.9. The largest absolute Gasteiger partial charge is 0.493 e. The van der Waals surface area contributed by atoms with Gasteiger partial charge in [0.05, 0.1) is 6.61 Å². The fourth-order valence-electron chi connectivity index (χ4n) is 5.46. The van der Waals surface area contributed by atoms with Gasteiger partial charge in [0.1, 0.15) is 12.3 Å². The monoisotopic (exact) mass is 540 g/mol. The van der Waals surface area contributed by atoms with Gasteiger partial charge in [-0.05, 0) is 91.9 Å². The van der Waals surface area contributed by atoms with Crippen LogP contribution >= 0.6 is 0 Å². The highest BCUT2D eigenvalue weighted by Crippen LogP contribution is 2.31. The maximum Gasteiger partial charge on any atom is 0.323 e. The molecule has 1 aliphatic heterocycles. The Morgan fingerprint density at radius 1 is 0.975 bits per heavy atom. The first-order valence-electron chi connectivity index (χ1n) is 14.6. The highest BCUT2D eigenvalue weighted by molar-refractivity contribution is 5.96. The summed E-state index contributed by atoms with van der Waals surface area (Å²) in [7, 11) is 0. The van der Waals surface area contributed by atoms with Crippen molar-refractivity contribution in [2.45, 2.75) is 58.5 Å². The fraction of sp³-hybridized carbons (Fsp3) is 0.412. The van der Waals surface area contributed by atoms with E-state index in [0.29, 0.717) is 18.6 Å². The van der Waals surface area contributed by atoms with Gasteiger partial charge in [-0.15, -0.1) is 0 Å². The van der Waals surface area contributed by atoms with E-state index in [9.17, 15) is 14.7 Å². The number of carboxylic acids is 1. The molecule has 210 valence electrons. The molecule has 0 unspecified atom stereocenters. The topological polar surface area (TPSA) is 70.1 Å². The molecule has 1 saturated carbocycles. The molecule has 0 radical (unpaired) electrons. The second-order valence-electron chi connectivity index (χ2n) is 11.4. The minimum Gasteiger partial charge on any atom is -0.493 e. The summed E-state index contributed by atoms with van der Waals surface area (Å²) in [5.41, 5.74) is 5.93. The summed E-state index contributed by atoms with van der Waals surface area (Å²) in [4.78, 5) is 29.3. The van der Waals surface area contributed by atoms with Crippen molar-refractivity contribution in [3.63, 3.8) is 0 Å². The van der Waals surface area contributed by atoms with Gasteiger partial charge in [0.2, 0.25) is 0 Å². The number of aryl methyl sites for hydroxylation is 1. The lowest BCUT2D eigenvalue weighted by molar-refractivity contribution is -0.137. The Balaban J connectivity index is 1.40. The number of carboxylic acid groups (broad SMARTS) is 1. The van der Waals surface area contributed by atoms with E-state index >= 15 is 0 Å². The van der Waals surface area contributed by atoms with Crippen LogP contribution in [-0.4, -0.2) is 53.0 Å². The number of hydrogen-bond acceptors (Lipinski definition) is 4. The van der Waals surface area contributed by atoms with Gasteiger partial charge in [0, 0.05) is 31.6 Å². The van der Waals surface area contributed by atoms with Crippen molar-refractivity contribution in [2.24, 2.45) is 5.92 Å². The maximum atomic E-state index is 13.6. The van der Waals surface area contributed by atoms with Crippen LogP contribution in [0.3, 0.4) is 0 Å². The zero-order valence-electron chi connectivity index (χ0n) is 23.5. The number of nitrogens with zero attached hydrogens (tertiary/aromatic N) is 2. The molecular formula is C34H40N2O4. The summed E-state index contributed by atoms with van der Waals surface area (Å²) in [6.07, 6.45) is 6.64. The standard InChI is InChI=1S/C34H40N2O4/c1-25-8-10-27(11-9-25)23-36(24-33(37)38)34(39)30-14-15-32-31(20-30)19-28-6-5-7-29(18-28)22-35(21-26-12-13-26)16-3-2-4-17-40-32/h5-11,14-15,18,20,26H,2-4,12-13,16-17,19,21-24H2,1H3,(H,37,38). The van der Waals surface area contributed by atoms with Gasteiger partial charge in [0.25, 0.3) is 5.91 Å². The highest BCUT2D eigenvalue weighted by Gasteiger charge is 2.24. The number of amides is 1. The predicted octanol–water partition coefficient (Wildman–Crippen LogP) is 6.09. The van der Waals surface area contributed by atoms with Gasteiger partial charge in [0.15, 0.2) is 0 Å². The van der Waals surface area contributed by atoms with Crippen LogP contribution < -0.4 is 4.74 Å². The third kappa shape index (κ3) is 7.95. The van der Waals surface area contributed by atoms with Crippen LogP contribution in [-0.2, 0) is 24.3 Å². The number of carbonyl (C=O) groups excluding carboxylic acids is 1. The van der Waals surface area contributed by atoms with E-state index in [0.717, 1.165) is 60.7 Å². The van der Waals surface area contributed by atoms with Gasteiger partial charge in [-0.2, -0.15) is 0 Å². The number of benzene rings is 3. The van der Waals surface area contributed by atoms with Crippen LogP contribution in [0.25, 0.3) is 0 Å². The fourth-order valence-corrected chi connectivity index (χ4v) is 5.46. The van der Waals surface area contributed by atoms with Crippen LogP contribution in [0.15, 0.2) is 66.7 Å². The molecule has 6 nitrogen and oxygen atoms in total. The Morgan fingerprint density at radius 2 is 1.77 bits per heavy atom. The number of hydrogen-bond donors (Lipinski definition) is 1. The third-order valence-corrected chi connectivity index (χ3v) is 7.80. The SMILES string of the molecule is Cc1ccc(CN(CC(=O)O)C(=O)c2ccc3c(c2)Cc2cccc(c2)CN(CC2CC2)CCCCCO3)cc1. The van der Waals surface area contributed by atoms with E-state index in [2.05, 4.69) is 29.2 Å². The molecule has 5 rings (SSSR count). The summed E-state index contributed by atoms with van der Waals surface area (Å²) in [6, 6.07) is 22.1. The predicted molar refractivity (Wildman–Crippen MR) is 157 cm³/mol. The van der Waals surface area contributed by atoms with Gasteiger partial charge in [-0.25, -0.2) is 0 Å². The molecular weight excluding hydrogens is 500 g/mol. The molecule has 1 N–H and O–H groups in total. The number of fused-ring (bicyclic) bond motifs is 3. The molecule has 3 aromatic rings. The minimum absolute atomic E-state index is 0.235. The van der Waals surface area contributed by atoms with Crippen molar-refractivity contribution in [1.29, 1.82) is 0 Å². The summed E-state index contributed by atoms with van der Waals surface area (Å²) < 4.78 is 6.24. The lowest BCUT2D eigenvalue weighted by atomic mass is 9.99. The molecule has 1 aliphatic carbocycles. The molecule has 0 aromatic heterocycles. The van der Waals surface area contributed by atoms with E-state index in [-0.39, 0.29) is 19.0 Å². The van der Waals surface area contributed by atoms with Crippen LogP contribution in [0.4, 0.5) is 0 Å². The molecule has 0 saturated heterocycles. The van der Waals surface area contributed by atoms with E-state index in [1.165, 1.54) is 35.4 Å². The zero-order chi connectivity index (χ0) is 27.9.